The molecule has 4 nitrogen and oxygen atoms in total. The van der Waals surface area contributed by atoms with Gasteiger partial charge in [-0.1, -0.05) is 26.7 Å². The smallest absolute Gasteiger partial charge is 0.407 e. The molecular weight excluding hydrogens is 192 g/mol. The van der Waals surface area contributed by atoms with Crippen molar-refractivity contribution in [1.82, 2.24) is 5.32 Å². The summed E-state index contributed by atoms with van der Waals surface area (Å²) in [6, 6.07) is 0.184. The molecule has 0 heterocycles. The number of nitrogens with one attached hydrogen (secondary N) is 1. The number of carbonyl (C=O) groups is 1. The molecular formula is C11H22N2O2. The van der Waals surface area contributed by atoms with Crippen molar-refractivity contribution in [2.24, 2.45) is 11.7 Å². The zero-order valence-corrected chi connectivity index (χ0v) is 9.66. The van der Waals surface area contributed by atoms with Gasteiger partial charge in [-0.15, -0.1) is 0 Å². The molecule has 0 aromatic rings. The van der Waals surface area contributed by atoms with Gasteiger partial charge < -0.3 is 15.8 Å². The molecule has 1 amide bonds. The second-order valence-electron chi connectivity index (χ2n) is 4.69. The number of carbonyl (C=O) groups excluding carboxylic acids is 1. The molecule has 0 aliphatic heterocycles. The number of alkyl carbamates (subject to hydrolysis) is 1. The normalized spacial score (nSPS) is 26.4. The van der Waals surface area contributed by atoms with Crippen LogP contribution in [0.1, 0.15) is 39.5 Å². The van der Waals surface area contributed by atoms with Gasteiger partial charge in [0.05, 0.1) is 6.61 Å². The zero-order chi connectivity index (χ0) is 11.3. The summed E-state index contributed by atoms with van der Waals surface area (Å²) in [6.45, 7) is 4.49. The Hall–Kier alpha value is -0.770. The lowest BCUT2D eigenvalue weighted by Gasteiger charge is -2.28. The van der Waals surface area contributed by atoms with Crippen LogP contribution in [-0.2, 0) is 4.74 Å². The monoisotopic (exact) mass is 214 g/mol. The molecule has 1 aliphatic carbocycles. The van der Waals surface area contributed by atoms with Crippen molar-refractivity contribution in [3.05, 3.63) is 0 Å². The lowest BCUT2D eigenvalue weighted by atomic mass is 9.91. The molecule has 4 heteroatoms. The third kappa shape index (κ3) is 4.51. The number of amides is 1. The molecule has 1 rings (SSSR count). The highest BCUT2D eigenvalue weighted by Crippen LogP contribution is 2.16. The van der Waals surface area contributed by atoms with Crippen LogP contribution in [0, 0.1) is 5.92 Å². The number of ether oxygens (including phenoxy) is 1. The minimum Gasteiger partial charge on any atom is -0.449 e. The Morgan fingerprint density at radius 2 is 2.13 bits per heavy atom. The first-order valence-electron chi connectivity index (χ1n) is 5.78. The predicted molar refractivity (Wildman–Crippen MR) is 59.6 cm³/mol. The van der Waals surface area contributed by atoms with E-state index in [2.05, 4.69) is 5.32 Å². The summed E-state index contributed by atoms with van der Waals surface area (Å²) in [5.41, 5.74) is 5.91. The van der Waals surface area contributed by atoms with E-state index in [-0.39, 0.29) is 18.2 Å². The lowest BCUT2D eigenvalue weighted by molar-refractivity contribution is 0.125. The molecule has 0 spiro atoms. The van der Waals surface area contributed by atoms with E-state index in [4.69, 9.17) is 10.5 Å². The van der Waals surface area contributed by atoms with Crippen LogP contribution in [0.2, 0.25) is 0 Å². The zero-order valence-electron chi connectivity index (χ0n) is 9.66. The van der Waals surface area contributed by atoms with Crippen LogP contribution in [0.4, 0.5) is 4.79 Å². The van der Waals surface area contributed by atoms with Crippen LogP contribution in [0.5, 0.6) is 0 Å². The lowest BCUT2D eigenvalue weighted by Crippen LogP contribution is -2.49. The van der Waals surface area contributed by atoms with E-state index in [0.717, 1.165) is 19.3 Å². The molecule has 1 aliphatic rings. The Kier molecular flexibility index (Phi) is 4.88. The molecule has 15 heavy (non-hydrogen) atoms. The van der Waals surface area contributed by atoms with Crippen LogP contribution in [0.25, 0.3) is 0 Å². The maximum absolute atomic E-state index is 11.4. The van der Waals surface area contributed by atoms with Crippen LogP contribution in [0.15, 0.2) is 0 Å². The summed E-state index contributed by atoms with van der Waals surface area (Å²) in [5, 5.41) is 2.84. The van der Waals surface area contributed by atoms with Gasteiger partial charge >= 0.3 is 6.09 Å². The molecule has 88 valence electrons. The highest BCUT2D eigenvalue weighted by atomic mass is 16.5. The van der Waals surface area contributed by atoms with E-state index in [9.17, 15) is 4.79 Å². The van der Waals surface area contributed by atoms with E-state index in [1.54, 1.807) is 0 Å². The molecule has 1 saturated carbocycles. The fourth-order valence-electron chi connectivity index (χ4n) is 1.77. The fourth-order valence-corrected chi connectivity index (χ4v) is 1.77. The number of hydrogen-bond donors (Lipinski definition) is 2. The first kappa shape index (κ1) is 12.3. The minimum atomic E-state index is -0.328. The van der Waals surface area contributed by atoms with Gasteiger partial charge in [-0.25, -0.2) is 4.79 Å². The Morgan fingerprint density at radius 1 is 1.47 bits per heavy atom. The molecule has 3 N–H and O–H groups in total. The second-order valence-corrected chi connectivity index (χ2v) is 4.69. The van der Waals surface area contributed by atoms with Gasteiger partial charge in [-0.05, 0) is 18.8 Å². The maximum atomic E-state index is 11.4. The van der Waals surface area contributed by atoms with Crippen molar-refractivity contribution >= 4 is 6.09 Å². The third-order valence-corrected chi connectivity index (χ3v) is 2.67. The summed E-state index contributed by atoms with van der Waals surface area (Å²) in [5.74, 6) is 0.371. The van der Waals surface area contributed by atoms with Crippen molar-refractivity contribution in [1.29, 1.82) is 0 Å². The number of nitrogens with two attached hydrogens (primary N) is 1. The molecule has 0 bridgehead atoms. The fraction of sp³-hybridized carbons (Fsp3) is 0.909. The van der Waals surface area contributed by atoms with Crippen molar-refractivity contribution in [3.63, 3.8) is 0 Å². The average molecular weight is 214 g/mol. The summed E-state index contributed by atoms with van der Waals surface area (Å²) in [7, 11) is 0. The standard InChI is InChI=1S/C11H22N2O2/c1-8(2)7-15-11(14)13-10-6-4-3-5-9(10)12/h8-10H,3-7,12H2,1-2H3,(H,13,14). The third-order valence-electron chi connectivity index (χ3n) is 2.67. The first-order chi connectivity index (χ1) is 7.09. The topological polar surface area (TPSA) is 64.3 Å². The summed E-state index contributed by atoms with van der Waals surface area (Å²) >= 11 is 0. The van der Waals surface area contributed by atoms with Crippen LogP contribution in [0.3, 0.4) is 0 Å². The van der Waals surface area contributed by atoms with Gasteiger partial charge in [0, 0.05) is 12.1 Å². The maximum Gasteiger partial charge on any atom is 0.407 e. The second kappa shape index (κ2) is 5.95. The summed E-state index contributed by atoms with van der Waals surface area (Å²) < 4.78 is 5.05. The number of rotatable bonds is 3. The Labute approximate surface area is 91.5 Å². The largest absolute Gasteiger partial charge is 0.449 e. The van der Waals surface area contributed by atoms with E-state index < -0.39 is 0 Å². The van der Waals surface area contributed by atoms with Gasteiger partial charge in [-0.3, -0.25) is 0 Å². The minimum absolute atomic E-state index is 0.0883. The summed E-state index contributed by atoms with van der Waals surface area (Å²) in [4.78, 5) is 11.4. The van der Waals surface area contributed by atoms with Crippen molar-refractivity contribution in [2.45, 2.75) is 51.6 Å². The van der Waals surface area contributed by atoms with Crippen molar-refractivity contribution < 1.29 is 9.53 Å². The molecule has 0 aromatic carbocycles. The molecule has 1 fully saturated rings. The molecule has 2 unspecified atom stereocenters. The average Bonchev–Trinajstić information content (AvgIpc) is 2.18. The van der Waals surface area contributed by atoms with Gasteiger partial charge in [0.15, 0.2) is 0 Å². The Morgan fingerprint density at radius 3 is 2.73 bits per heavy atom. The highest BCUT2D eigenvalue weighted by Gasteiger charge is 2.23. The van der Waals surface area contributed by atoms with Crippen molar-refractivity contribution in [2.75, 3.05) is 6.61 Å². The number of hydrogen-bond acceptors (Lipinski definition) is 3. The van der Waals surface area contributed by atoms with Crippen LogP contribution >= 0.6 is 0 Å². The Bertz CT molecular complexity index is 207. The van der Waals surface area contributed by atoms with Crippen LogP contribution in [-0.4, -0.2) is 24.8 Å². The molecule has 2 atom stereocenters. The van der Waals surface area contributed by atoms with E-state index in [1.807, 2.05) is 13.8 Å². The van der Waals surface area contributed by atoms with Gasteiger partial charge in [-0.2, -0.15) is 0 Å². The first-order valence-corrected chi connectivity index (χ1v) is 5.78. The molecule has 0 radical (unpaired) electrons. The van der Waals surface area contributed by atoms with Crippen LogP contribution < -0.4 is 11.1 Å². The molecule has 0 saturated heterocycles. The SMILES string of the molecule is CC(C)COC(=O)NC1CCCCC1N. The molecule has 0 aromatic heterocycles. The van der Waals surface area contributed by atoms with Gasteiger partial charge in [0.25, 0.3) is 0 Å². The summed E-state index contributed by atoms with van der Waals surface area (Å²) in [6.07, 6.45) is 3.95. The van der Waals surface area contributed by atoms with E-state index in [1.165, 1.54) is 6.42 Å². The predicted octanol–water partition coefficient (Wildman–Crippen LogP) is 1.64. The van der Waals surface area contributed by atoms with Gasteiger partial charge in [0.1, 0.15) is 0 Å². The van der Waals surface area contributed by atoms with E-state index >= 15 is 0 Å². The quantitative estimate of drug-likeness (QED) is 0.750. The Balaban J connectivity index is 2.24. The van der Waals surface area contributed by atoms with E-state index in [0.29, 0.717) is 12.5 Å². The van der Waals surface area contributed by atoms with Gasteiger partial charge in [0.2, 0.25) is 0 Å². The van der Waals surface area contributed by atoms with Crippen molar-refractivity contribution in [3.8, 4) is 0 Å². The highest BCUT2D eigenvalue weighted by molar-refractivity contribution is 5.67.